The predicted octanol–water partition coefficient (Wildman–Crippen LogP) is 0.947. The maximum absolute atomic E-state index is 9.19. The van der Waals surface area contributed by atoms with Crippen LogP contribution in [0.5, 0.6) is 0 Å². The van der Waals surface area contributed by atoms with Crippen molar-refractivity contribution in [3.8, 4) is 0 Å². The predicted molar refractivity (Wildman–Crippen MR) is 61.1 cm³/mol. The van der Waals surface area contributed by atoms with E-state index in [2.05, 4.69) is 16.5 Å². The minimum Gasteiger partial charge on any atom is -0.393 e. The van der Waals surface area contributed by atoms with Gasteiger partial charge in [0.25, 0.3) is 0 Å². The molecule has 1 aliphatic rings. The SMILES string of the molecule is OC1CC(NCc2cnn3ccccc23)C1. The zero-order valence-electron chi connectivity index (χ0n) is 9.00. The van der Waals surface area contributed by atoms with Gasteiger partial charge >= 0.3 is 0 Å². The maximum Gasteiger partial charge on any atom is 0.0706 e. The molecule has 0 radical (unpaired) electrons. The second-order valence-corrected chi connectivity index (χ2v) is 4.40. The Morgan fingerprint density at radius 1 is 1.44 bits per heavy atom. The average molecular weight is 217 g/mol. The lowest BCUT2D eigenvalue weighted by atomic mass is 9.89. The van der Waals surface area contributed by atoms with Gasteiger partial charge in [-0.3, -0.25) is 0 Å². The maximum atomic E-state index is 9.19. The second-order valence-electron chi connectivity index (χ2n) is 4.40. The summed E-state index contributed by atoms with van der Waals surface area (Å²) >= 11 is 0. The Balaban J connectivity index is 1.70. The van der Waals surface area contributed by atoms with Crippen molar-refractivity contribution >= 4 is 5.52 Å². The van der Waals surface area contributed by atoms with Gasteiger partial charge in [0.1, 0.15) is 0 Å². The number of pyridine rings is 1. The molecular formula is C12H15N3O. The molecule has 2 N–H and O–H groups in total. The van der Waals surface area contributed by atoms with E-state index in [4.69, 9.17) is 0 Å². The van der Waals surface area contributed by atoms with Gasteiger partial charge in [-0.2, -0.15) is 5.10 Å². The van der Waals surface area contributed by atoms with E-state index in [1.165, 1.54) is 5.56 Å². The van der Waals surface area contributed by atoms with Crippen LogP contribution in [-0.2, 0) is 6.54 Å². The van der Waals surface area contributed by atoms with Gasteiger partial charge < -0.3 is 10.4 Å². The van der Waals surface area contributed by atoms with Gasteiger partial charge in [0, 0.05) is 24.3 Å². The van der Waals surface area contributed by atoms with E-state index in [0.717, 1.165) is 24.9 Å². The number of hydrogen-bond acceptors (Lipinski definition) is 3. The van der Waals surface area contributed by atoms with Crippen LogP contribution in [0.4, 0.5) is 0 Å². The van der Waals surface area contributed by atoms with Crippen LogP contribution in [0.1, 0.15) is 18.4 Å². The van der Waals surface area contributed by atoms with Crippen molar-refractivity contribution in [2.45, 2.75) is 31.5 Å². The second kappa shape index (κ2) is 3.88. The fourth-order valence-electron chi connectivity index (χ4n) is 2.13. The Bertz CT molecular complexity index is 488. The normalized spacial score (nSPS) is 24.6. The third-order valence-corrected chi connectivity index (χ3v) is 3.20. The number of rotatable bonds is 3. The fraction of sp³-hybridized carbons (Fsp3) is 0.417. The summed E-state index contributed by atoms with van der Waals surface area (Å²) in [6.45, 7) is 0.824. The van der Waals surface area contributed by atoms with E-state index in [0.29, 0.717) is 6.04 Å². The first-order valence-electron chi connectivity index (χ1n) is 5.65. The van der Waals surface area contributed by atoms with Crippen LogP contribution in [0, 0.1) is 0 Å². The number of aromatic nitrogens is 2. The van der Waals surface area contributed by atoms with Gasteiger partial charge in [-0.25, -0.2) is 4.52 Å². The summed E-state index contributed by atoms with van der Waals surface area (Å²) < 4.78 is 1.88. The lowest BCUT2D eigenvalue weighted by molar-refractivity contribution is 0.0620. The van der Waals surface area contributed by atoms with Crippen LogP contribution in [0.3, 0.4) is 0 Å². The molecule has 1 aliphatic carbocycles. The first kappa shape index (κ1) is 9.81. The van der Waals surface area contributed by atoms with Gasteiger partial charge in [-0.1, -0.05) is 6.07 Å². The number of nitrogens with zero attached hydrogens (tertiary/aromatic N) is 2. The summed E-state index contributed by atoms with van der Waals surface area (Å²) in [5.74, 6) is 0. The lowest BCUT2D eigenvalue weighted by Crippen LogP contribution is -2.43. The molecule has 0 unspecified atom stereocenters. The van der Waals surface area contributed by atoms with Gasteiger partial charge in [0.05, 0.1) is 17.8 Å². The van der Waals surface area contributed by atoms with E-state index in [1.54, 1.807) is 0 Å². The van der Waals surface area contributed by atoms with Gasteiger partial charge in [0.15, 0.2) is 0 Å². The molecule has 0 bridgehead atoms. The summed E-state index contributed by atoms with van der Waals surface area (Å²) in [4.78, 5) is 0. The van der Waals surface area contributed by atoms with Gasteiger partial charge in [0.2, 0.25) is 0 Å². The number of hydrogen-bond donors (Lipinski definition) is 2. The van der Waals surface area contributed by atoms with Crippen LogP contribution in [0.15, 0.2) is 30.6 Å². The van der Waals surface area contributed by atoms with Crippen molar-refractivity contribution < 1.29 is 5.11 Å². The standard InChI is InChI=1S/C12H15N3O/c16-11-5-10(6-11)13-7-9-8-14-15-4-2-1-3-12(9)15/h1-4,8,10-11,13,16H,5-7H2. The Morgan fingerprint density at radius 2 is 2.31 bits per heavy atom. The first-order chi connectivity index (χ1) is 7.83. The van der Waals surface area contributed by atoms with E-state index in [9.17, 15) is 5.11 Å². The minimum absolute atomic E-state index is 0.0959. The molecule has 1 saturated carbocycles. The Labute approximate surface area is 93.9 Å². The van der Waals surface area contributed by atoms with E-state index >= 15 is 0 Å². The van der Waals surface area contributed by atoms with Crippen molar-refractivity contribution in [1.29, 1.82) is 0 Å². The molecule has 0 atom stereocenters. The monoisotopic (exact) mass is 217 g/mol. The van der Waals surface area contributed by atoms with Crippen LogP contribution < -0.4 is 5.32 Å². The van der Waals surface area contributed by atoms with Crippen LogP contribution in [-0.4, -0.2) is 26.9 Å². The van der Waals surface area contributed by atoms with E-state index < -0.39 is 0 Å². The summed E-state index contributed by atoms with van der Waals surface area (Å²) in [6, 6.07) is 6.53. The molecule has 1 fully saturated rings. The fourth-order valence-corrected chi connectivity index (χ4v) is 2.13. The van der Waals surface area contributed by atoms with Gasteiger partial charge in [-0.15, -0.1) is 0 Å². The van der Waals surface area contributed by atoms with Crippen molar-refractivity contribution in [2.24, 2.45) is 0 Å². The van der Waals surface area contributed by atoms with E-state index in [1.807, 2.05) is 29.0 Å². The van der Waals surface area contributed by atoms with Crippen LogP contribution >= 0.6 is 0 Å². The molecule has 0 spiro atoms. The number of nitrogens with one attached hydrogen (secondary N) is 1. The minimum atomic E-state index is -0.0959. The highest BCUT2D eigenvalue weighted by molar-refractivity contribution is 5.53. The zero-order chi connectivity index (χ0) is 11.0. The molecule has 4 heteroatoms. The summed E-state index contributed by atoms with van der Waals surface area (Å²) in [5.41, 5.74) is 2.36. The molecule has 0 aliphatic heterocycles. The molecule has 4 nitrogen and oxygen atoms in total. The molecule has 0 aromatic carbocycles. The Hall–Kier alpha value is -1.39. The van der Waals surface area contributed by atoms with Crippen molar-refractivity contribution in [2.75, 3.05) is 0 Å². The third kappa shape index (κ3) is 1.70. The topological polar surface area (TPSA) is 49.6 Å². The smallest absolute Gasteiger partial charge is 0.0706 e. The molecule has 16 heavy (non-hydrogen) atoms. The van der Waals surface area contributed by atoms with Gasteiger partial charge in [-0.05, 0) is 25.0 Å². The molecule has 2 aromatic heterocycles. The Kier molecular flexibility index (Phi) is 2.38. The first-order valence-corrected chi connectivity index (χ1v) is 5.65. The number of fused-ring (bicyclic) bond motifs is 1. The van der Waals surface area contributed by atoms with Crippen molar-refractivity contribution in [3.05, 3.63) is 36.2 Å². The quantitative estimate of drug-likeness (QED) is 0.804. The molecule has 0 amide bonds. The summed E-state index contributed by atoms with van der Waals surface area (Å²) in [6.07, 6.45) is 5.50. The van der Waals surface area contributed by atoms with Crippen molar-refractivity contribution in [1.82, 2.24) is 14.9 Å². The van der Waals surface area contributed by atoms with Crippen molar-refractivity contribution in [3.63, 3.8) is 0 Å². The molecular weight excluding hydrogens is 202 g/mol. The molecule has 2 aromatic rings. The summed E-state index contributed by atoms with van der Waals surface area (Å²) in [7, 11) is 0. The van der Waals surface area contributed by atoms with E-state index in [-0.39, 0.29) is 6.10 Å². The average Bonchev–Trinajstić information content (AvgIpc) is 2.66. The molecule has 2 heterocycles. The molecule has 84 valence electrons. The number of aliphatic hydroxyl groups excluding tert-OH is 1. The highest BCUT2D eigenvalue weighted by atomic mass is 16.3. The largest absolute Gasteiger partial charge is 0.393 e. The highest BCUT2D eigenvalue weighted by Crippen LogP contribution is 2.20. The molecule has 3 rings (SSSR count). The summed E-state index contributed by atoms with van der Waals surface area (Å²) in [5, 5.41) is 16.9. The lowest BCUT2D eigenvalue weighted by Gasteiger charge is -2.32. The Morgan fingerprint density at radius 3 is 3.12 bits per heavy atom. The molecule has 0 saturated heterocycles. The van der Waals surface area contributed by atoms with Crippen LogP contribution in [0.25, 0.3) is 5.52 Å². The van der Waals surface area contributed by atoms with Crippen LogP contribution in [0.2, 0.25) is 0 Å². The third-order valence-electron chi connectivity index (χ3n) is 3.20. The number of aliphatic hydroxyl groups is 1. The zero-order valence-corrected chi connectivity index (χ0v) is 9.00. The highest BCUT2D eigenvalue weighted by Gasteiger charge is 2.26.